The first-order valence-corrected chi connectivity index (χ1v) is 9.25. The number of carbonyl (C=O) groups is 1. The van der Waals surface area contributed by atoms with Crippen LogP contribution in [0.25, 0.3) is 0 Å². The summed E-state index contributed by atoms with van der Waals surface area (Å²) >= 11 is 0. The molecule has 0 aliphatic rings. The van der Waals surface area contributed by atoms with Crippen LogP contribution in [0.5, 0.6) is 0 Å². The lowest BCUT2D eigenvalue weighted by molar-refractivity contribution is -0.110. The molecule has 0 aromatic heterocycles. The summed E-state index contributed by atoms with van der Waals surface area (Å²) in [6.07, 6.45) is 2.00. The minimum atomic E-state index is -1.28. The van der Waals surface area contributed by atoms with Gasteiger partial charge in [-0.25, -0.2) is 4.21 Å². The fourth-order valence-electron chi connectivity index (χ4n) is 2.10. The number of rotatable bonds is 10. The van der Waals surface area contributed by atoms with Crippen LogP contribution in [0.15, 0.2) is 71.2 Å². The zero-order valence-electron chi connectivity index (χ0n) is 14.2. The zero-order valence-corrected chi connectivity index (χ0v) is 15.0. The SMILES string of the molecule is Cc1ccc(S(=O)/C=C\O[C@@H](CC=O)COCc2ccccc2)cc1. The van der Waals surface area contributed by atoms with Gasteiger partial charge in [-0.2, -0.15) is 0 Å². The monoisotopic (exact) mass is 358 g/mol. The van der Waals surface area contributed by atoms with Crippen molar-refractivity contribution in [1.29, 1.82) is 0 Å². The molecule has 2 aromatic rings. The molecule has 0 fully saturated rings. The Morgan fingerprint density at radius 1 is 1.08 bits per heavy atom. The van der Waals surface area contributed by atoms with Gasteiger partial charge in [0, 0.05) is 16.7 Å². The molecule has 0 heterocycles. The number of hydrogen-bond acceptors (Lipinski definition) is 4. The normalized spacial score (nSPS) is 13.5. The Labute approximate surface area is 150 Å². The maximum atomic E-state index is 12.1. The number of aryl methyl sites for hydroxylation is 1. The van der Waals surface area contributed by atoms with Gasteiger partial charge in [-0.3, -0.25) is 0 Å². The number of hydrogen-bond donors (Lipinski definition) is 0. The highest BCUT2D eigenvalue weighted by Crippen LogP contribution is 2.10. The third-order valence-electron chi connectivity index (χ3n) is 3.48. The molecule has 4 nitrogen and oxygen atoms in total. The van der Waals surface area contributed by atoms with E-state index in [1.54, 1.807) is 0 Å². The Balaban J connectivity index is 1.80. The maximum absolute atomic E-state index is 12.1. The highest BCUT2D eigenvalue weighted by molar-refractivity contribution is 7.88. The van der Waals surface area contributed by atoms with Crippen molar-refractivity contribution in [3.8, 4) is 0 Å². The van der Waals surface area contributed by atoms with E-state index in [-0.39, 0.29) is 13.0 Å². The summed E-state index contributed by atoms with van der Waals surface area (Å²) < 4.78 is 23.2. The first-order chi connectivity index (χ1) is 12.2. The molecule has 0 aliphatic carbocycles. The molecule has 2 rings (SSSR count). The molecule has 5 heteroatoms. The van der Waals surface area contributed by atoms with E-state index < -0.39 is 16.9 Å². The lowest BCUT2D eigenvalue weighted by atomic mass is 10.2. The van der Waals surface area contributed by atoms with Crippen LogP contribution in [-0.4, -0.2) is 23.2 Å². The molecule has 0 spiro atoms. The Hall–Kier alpha value is -2.24. The van der Waals surface area contributed by atoms with Crippen molar-refractivity contribution in [2.45, 2.75) is 31.0 Å². The van der Waals surface area contributed by atoms with Crippen molar-refractivity contribution >= 4 is 17.1 Å². The third-order valence-corrected chi connectivity index (χ3v) is 4.57. The average Bonchev–Trinajstić information content (AvgIpc) is 2.63. The molecule has 0 bridgehead atoms. The molecule has 0 amide bonds. The second kappa shape index (κ2) is 10.6. The average molecular weight is 358 g/mol. The lowest BCUT2D eigenvalue weighted by Gasteiger charge is -2.14. The molecule has 0 saturated heterocycles. The van der Waals surface area contributed by atoms with E-state index in [1.807, 2.05) is 61.5 Å². The van der Waals surface area contributed by atoms with Gasteiger partial charge in [0.2, 0.25) is 0 Å². The van der Waals surface area contributed by atoms with Crippen LogP contribution >= 0.6 is 0 Å². The van der Waals surface area contributed by atoms with Crippen molar-refractivity contribution in [3.05, 3.63) is 77.4 Å². The van der Waals surface area contributed by atoms with Gasteiger partial charge in [0.1, 0.15) is 12.4 Å². The number of benzene rings is 2. The predicted molar refractivity (Wildman–Crippen MR) is 98.4 cm³/mol. The van der Waals surface area contributed by atoms with Gasteiger partial charge in [0.25, 0.3) is 0 Å². The van der Waals surface area contributed by atoms with Gasteiger partial charge < -0.3 is 14.3 Å². The quantitative estimate of drug-likeness (QED) is 0.479. The molecule has 1 unspecified atom stereocenters. The van der Waals surface area contributed by atoms with Crippen LogP contribution in [0.1, 0.15) is 17.5 Å². The minimum absolute atomic E-state index is 0.219. The van der Waals surface area contributed by atoms with Gasteiger partial charge in [-0.1, -0.05) is 48.0 Å². The topological polar surface area (TPSA) is 52.6 Å². The van der Waals surface area contributed by atoms with Crippen molar-refractivity contribution in [2.75, 3.05) is 6.61 Å². The van der Waals surface area contributed by atoms with Gasteiger partial charge >= 0.3 is 0 Å². The summed E-state index contributed by atoms with van der Waals surface area (Å²) in [4.78, 5) is 11.5. The van der Waals surface area contributed by atoms with Gasteiger partial charge in [0.15, 0.2) is 0 Å². The minimum Gasteiger partial charge on any atom is -0.495 e. The molecule has 0 N–H and O–H groups in total. The van der Waals surface area contributed by atoms with Crippen molar-refractivity contribution in [2.24, 2.45) is 0 Å². The van der Waals surface area contributed by atoms with Crippen LogP contribution in [0.2, 0.25) is 0 Å². The maximum Gasteiger partial charge on any atom is 0.128 e. The molecule has 0 aliphatic heterocycles. The summed E-state index contributed by atoms with van der Waals surface area (Å²) in [5.41, 5.74) is 2.17. The fourth-order valence-corrected chi connectivity index (χ4v) is 2.82. The second-order valence-electron chi connectivity index (χ2n) is 5.54. The van der Waals surface area contributed by atoms with E-state index >= 15 is 0 Å². The predicted octanol–water partition coefficient (Wildman–Crippen LogP) is 3.76. The van der Waals surface area contributed by atoms with Crippen molar-refractivity contribution in [3.63, 3.8) is 0 Å². The smallest absolute Gasteiger partial charge is 0.128 e. The molecule has 0 radical (unpaired) electrons. The molecular weight excluding hydrogens is 336 g/mol. The molecule has 0 saturated carbocycles. The fraction of sp³-hybridized carbons (Fsp3) is 0.250. The van der Waals surface area contributed by atoms with E-state index in [1.165, 1.54) is 11.7 Å². The third kappa shape index (κ3) is 7.03. The highest BCUT2D eigenvalue weighted by atomic mass is 32.2. The first-order valence-electron chi connectivity index (χ1n) is 8.03. The standard InChI is InChI=1S/C20H22O4S/c1-17-7-9-20(10-8-17)25(22)14-13-24-19(11-12-21)16-23-15-18-5-3-2-4-6-18/h2-10,12-14,19H,11,15-16H2,1H3/b14-13-/t19-,25?/m0/s1. The van der Waals surface area contributed by atoms with E-state index in [0.717, 1.165) is 17.4 Å². The molecular formula is C20H22O4S. The Kier molecular flexibility index (Phi) is 8.09. The Bertz CT molecular complexity index is 695. The van der Waals surface area contributed by atoms with Crippen LogP contribution < -0.4 is 0 Å². The largest absolute Gasteiger partial charge is 0.495 e. The van der Waals surface area contributed by atoms with Crippen LogP contribution in [-0.2, 0) is 31.7 Å². The summed E-state index contributed by atoms with van der Waals surface area (Å²) in [5, 5.41) is 1.47. The summed E-state index contributed by atoms with van der Waals surface area (Å²) in [5.74, 6) is 0. The molecule has 132 valence electrons. The van der Waals surface area contributed by atoms with Gasteiger partial charge in [-0.15, -0.1) is 0 Å². The highest BCUT2D eigenvalue weighted by Gasteiger charge is 2.08. The van der Waals surface area contributed by atoms with Crippen molar-refractivity contribution < 1.29 is 18.5 Å². The van der Waals surface area contributed by atoms with Gasteiger partial charge in [0.05, 0.1) is 30.3 Å². The van der Waals surface area contributed by atoms with E-state index in [2.05, 4.69) is 0 Å². The number of aldehydes is 1. The van der Waals surface area contributed by atoms with Crippen LogP contribution in [0.4, 0.5) is 0 Å². The summed E-state index contributed by atoms with van der Waals surface area (Å²) in [6.45, 7) is 2.72. The molecule has 2 aromatic carbocycles. The van der Waals surface area contributed by atoms with E-state index in [4.69, 9.17) is 9.47 Å². The number of ether oxygens (including phenoxy) is 2. The van der Waals surface area contributed by atoms with E-state index in [0.29, 0.717) is 11.5 Å². The van der Waals surface area contributed by atoms with Gasteiger partial charge in [-0.05, 0) is 24.6 Å². The second-order valence-corrected chi connectivity index (χ2v) is 6.88. The molecule has 2 atom stereocenters. The Morgan fingerprint density at radius 2 is 1.80 bits per heavy atom. The number of carbonyl (C=O) groups excluding carboxylic acids is 1. The van der Waals surface area contributed by atoms with Crippen LogP contribution in [0.3, 0.4) is 0 Å². The first kappa shape index (κ1) is 19.1. The molecule has 25 heavy (non-hydrogen) atoms. The summed E-state index contributed by atoms with van der Waals surface area (Å²) in [7, 11) is -1.28. The lowest BCUT2D eigenvalue weighted by Crippen LogP contribution is -2.18. The van der Waals surface area contributed by atoms with E-state index in [9.17, 15) is 9.00 Å². The van der Waals surface area contributed by atoms with Crippen LogP contribution in [0, 0.1) is 6.92 Å². The van der Waals surface area contributed by atoms with Crippen molar-refractivity contribution in [1.82, 2.24) is 0 Å². The Morgan fingerprint density at radius 3 is 2.48 bits per heavy atom. The summed E-state index contributed by atoms with van der Waals surface area (Å²) in [6, 6.07) is 17.2. The zero-order chi connectivity index (χ0) is 17.9.